The number of hydrogen-bond donors (Lipinski definition) is 1. The van der Waals surface area contributed by atoms with Crippen LogP contribution in [0.3, 0.4) is 0 Å². The normalized spacial score (nSPS) is 10.7. The van der Waals surface area contributed by atoms with E-state index in [0.29, 0.717) is 33.5 Å². The van der Waals surface area contributed by atoms with Gasteiger partial charge in [-0.05, 0) is 54.4 Å². The van der Waals surface area contributed by atoms with Gasteiger partial charge in [0.25, 0.3) is 0 Å². The highest BCUT2D eigenvalue weighted by atomic mass is 79.9. The lowest BCUT2D eigenvalue weighted by atomic mass is 10.1. The van der Waals surface area contributed by atoms with E-state index in [1.807, 2.05) is 0 Å². The van der Waals surface area contributed by atoms with Gasteiger partial charge in [0.05, 0.1) is 24.5 Å². The highest BCUT2D eigenvalue weighted by Gasteiger charge is 2.27. The molecule has 0 saturated heterocycles. The molecular weight excluding hydrogens is 560 g/mol. The van der Waals surface area contributed by atoms with Gasteiger partial charge in [-0.25, -0.2) is 9.59 Å². The largest absolute Gasteiger partial charge is 0.462 e. The number of aromatic nitrogens is 3. The lowest BCUT2D eigenvalue weighted by molar-refractivity contribution is -0.113. The zero-order valence-corrected chi connectivity index (χ0v) is 22.5. The molecular formula is C22H23BrN4O6S2. The van der Waals surface area contributed by atoms with Gasteiger partial charge in [0.1, 0.15) is 9.88 Å². The summed E-state index contributed by atoms with van der Waals surface area (Å²) < 4.78 is 18.1. The topological polar surface area (TPSA) is 126 Å². The zero-order valence-electron chi connectivity index (χ0n) is 19.3. The number of thioether (sulfide) groups is 1. The Hall–Kier alpha value is -2.90. The number of nitrogens with zero attached hydrogens (tertiary/aromatic N) is 3. The van der Waals surface area contributed by atoms with Crippen LogP contribution < -0.4 is 5.32 Å². The molecule has 13 heteroatoms. The van der Waals surface area contributed by atoms with Gasteiger partial charge in [-0.3, -0.25) is 9.36 Å². The Morgan fingerprint density at radius 1 is 1.23 bits per heavy atom. The predicted octanol–water partition coefficient (Wildman–Crippen LogP) is 4.94. The summed E-state index contributed by atoms with van der Waals surface area (Å²) in [5.74, 6) is -0.596. The number of amides is 1. The number of allylic oxidation sites excluding steroid dienone is 1. The second-order valence-electron chi connectivity index (χ2n) is 6.85. The van der Waals surface area contributed by atoms with Gasteiger partial charge >= 0.3 is 11.9 Å². The van der Waals surface area contributed by atoms with Crippen molar-refractivity contribution in [1.29, 1.82) is 0 Å². The van der Waals surface area contributed by atoms with E-state index in [4.69, 9.17) is 13.9 Å². The van der Waals surface area contributed by atoms with Crippen LogP contribution in [-0.2, 0) is 20.8 Å². The molecule has 3 aromatic rings. The van der Waals surface area contributed by atoms with Crippen molar-refractivity contribution in [2.45, 2.75) is 32.5 Å². The first kappa shape index (κ1) is 26.7. The summed E-state index contributed by atoms with van der Waals surface area (Å²) in [5.41, 5.74) is 0.536. The van der Waals surface area contributed by atoms with Crippen LogP contribution in [0.5, 0.6) is 0 Å². The number of ether oxygens (including phenoxy) is 2. The number of carbonyl (C=O) groups excluding carboxylic acids is 3. The fourth-order valence-electron chi connectivity index (χ4n) is 3.04. The fourth-order valence-corrected chi connectivity index (χ4v) is 5.20. The SMILES string of the molecule is C=CCn1c(SCC(=O)Nc2sc(C(=O)OCC)c(C)c2C(=O)OCC)nnc1-c1ccc(Br)o1. The number of esters is 2. The van der Waals surface area contributed by atoms with Crippen molar-refractivity contribution < 1.29 is 28.3 Å². The van der Waals surface area contributed by atoms with E-state index in [1.165, 1.54) is 0 Å². The first-order valence-corrected chi connectivity index (χ1v) is 13.1. The molecule has 0 aliphatic heterocycles. The minimum Gasteiger partial charge on any atom is -0.462 e. The monoisotopic (exact) mass is 582 g/mol. The van der Waals surface area contributed by atoms with Crippen LogP contribution in [0.25, 0.3) is 11.6 Å². The Balaban J connectivity index is 1.79. The van der Waals surface area contributed by atoms with Crippen molar-refractivity contribution in [3.8, 4) is 11.6 Å². The van der Waals surface area contributed by atoms with Gasteiger partial charge in [0.15, 0.2) is 15.6 Å². The maximum atomic E-state index is 12.8. The number of nitrogens with one attached hydrogen (secondary N) is 1. The summed E-state index contributed by atoms with van der Waals surface area (Å²) in [6, 6.07) is 3.50. The summed E-state index contributed by atoms with van der Waals surface area (Å²) in [6.07, 6.45) is 1.69. The molecule has 3 rings (SSSR count). The van der Waals surface area contributed by atoms with Crippen molar-refractivity contribution in [3.63, 3.8) is 0 Å². The molecule has 0 radical (unpaired) electrons. The van der Waals surface area contributed by atoms with Gasteiger partial charge in [-0.15, -0.1) is 28.1 Å². The van der Waals surface area contributed by atoms with Gasteiger partial charge in [0, 0.05) is 6.54 Å². The first-order valence-electron chi connectivity index (χ1n) is 10.5. The smallest absolute Gasteiger partial charge is 0.348 e. The Labute approximate surface area is 218 Å². The van der Waals surface area contributed by atoms with Crippen molar-refractivity contribution in [2.24, 2.45) is 0 Å². The Kier molecular flexibility index (Phi) is 9.29. The molecule has 0 fully saturated rings. The van der Waals surface area contributed by atoms with Crippen molar-refractivity contribution in [2.75, 3.05) is 24.3 Å². The van der Waals surface area contributed by atoms with Gasteiger partial charge < -0.3 is 19.2 Å². The molecule has 1 amide bonds. The van der Waals surface area contributed by atoms with E-state index >= 15 is 0 Å². The van der Waals surface area contributed by atoms with Crippen molar-refractivity contribution >= 4 is 61.9 Å². The molecule has 3 aromatic heterocycles. The third-order valence-corrected chi connectivity index (χ3v) is 7.07. The Morgan fingerprint density at radius 3 is 2.57 bits per heavy atom. The van der Waals surface area contributed by atoms with Crippen LogP contribution in [0.1, 0.15) is 39.4 Å². The molecule has 0 aliphatic rings. The number of thiophene rings is 1. The Bertz CT molecular complexity index is 1250. The van der Waals surface area contributed by atoms with Crippen molar-refractivity contribution in [1.82, 2.24) is 14.8 Å². The van der Waals surface area contributed by atoms with E-state index in [2.05, 4.69) is 38.0 Å². The molecule has 0 atom stereocenters. The van der Waals surface area contributed by atoms with E-state index in [0.717, 1.165) is 23.1 Å². The first-order chi connectivity index (χ1) is 16.8. The third-order valence-electron chi connectivity index (χ3n) is 4.49. The lowest BCUT2D eigenvalue weighted by Crippen LogP contribution is -2.17. The summed E-state index contributed by atoms with van der Waals surface area (Å²) in [6.45, 7) is 9.49. The summed E-state index contributed by atoms with van der Waals surface area (Å²) in [7, 11) is 0. The molecule has 0 saturated carbocycles. The molecule has 3 heterocycles. The molecule has 0 unspecified atom stereocenters. The number of hydrogen-bond acceptors (Lipinski definition) is 10. The maximum Gasteiger partial charge on any atom is 0.348 e. The minimum absolute atomic E-state index is 0.0227. The zero-order chi connectivity index (χ0) is 25.5. The standard InChI is InChI=1S/C22H23BrN4O6S2/c1-5-10-27-18(13-8-9-14(23)33-13)25-26-22(27)34-11-15(28)24-19-16(20(29)31-6-2)12(4)17(35-19)21(30)32-7-3/h5,8-9H,1,6-7,10-11H2,2-4H3,(H,24,28). The van der Waals surface area contributed by atoms with Gasteiger partial charge in [0.2, 0.25) is 11.7 Å². The number of furan rings is 1. The van der Waals surface area contributed by atoms with E-state index in [9.17, 15) is 14.4 Å². The van der Waals surface area contributed by atoms with Crippen LogP contribution in [-0.4, -0.2) is 51.6 Å². The Morgan fingerprint density at radius 2 is 1.94 bits per heavy atom. The van der Waals surface area contributed by atoms with Gasteiger partial charge in [-0.1, -0.05) is 17.8 Å². The van der Waals surface area contributed by atoms with Gasteiger partial charge in [-0.2, -0.15) is 0 Å². The molecule has 186 valence electrons. The van der Waals surface area contributed by atoms with Crippen LogP contribution in [0.15, 0.2) is 39.0 Å². The van der Waals surface area contributed by atoms with Crippen LogP contribution in [0.4, 0.5) is 5.00 Å². The third kappa shape index (κ3) is 6.21. The minimum atomic E-state index is -0.625. The van der Waals surface area contributed by atoms with E-state index in [1.54, 1.807) is 43.5 Å². The average molecular weight is 583 g/mol. The van der Waals surface area contributed by atoms with Crippen LogP contribution in [0.2, 0.25) is 0 Å². The number of rotatable bonds is 11. The summed E-state index contributed by atoms with van der Waals surface area (Å²) in [5, 5.41) is 11.8. The fraction of sp³-hybridized carbons (Fsp3) is 0.318. The highest BCUT2D eigenvalue weighted by Crippen LogP contribution is 2.35. The predicted molar refractivity (Wildman–Crippen MR) is 136 cm³/mol. The molecule has 0 bridgehead atoms. The van der Waals surface area contributed by atoms with Crippen LogP contribution in [0, 0.1) is 6.92 Å². The molecule has 10 nitrogen and oxygen atoms in total. The average Bonchev–Trinajstić information content (AvgIpc) is 3.50. The second kappa shape index (κ2) is 12.2. The van der Waals surface area contributed by atoms with Crippen LogP contribution >= 0.6 is 39.0 Å². The van der Waals surface area contributed by atoms with E-state index < -0.39 is 17.8 Å². The quantitative estimate of drug-likeness (QED) is 0.190. The van der Waals surface area contributed by atoms with Crippen molar-refractivity contribution in [3.05, 3.63) is 45.5 Å². The lowest BCUT2D eigenvalue weighted by Gasteiger charge is -2.08. The molecule has 1 N–H and O–H groups in total. The number of carbonyl (C=O) groups is 3. The van der Waals surface area contributed by atoms with E-state index in [-0.39, 0.29) is 34.4 Å². The molecule has 35 heavy (non-hydrogen) atoms. The number of anilines is 1. The molecule has 0 aromatic carbocycles. The summed E-state index contributed by atoms with van der Waals surface area (Å²) in [4.78, 5) is 37.9. The summed E-state index contributed by atoms with van der Waals surface area (Å²) >= 11 is 5.40. The maximum absolute atomic E-state index is 12.8. The number of halogens is 1. The highest BCUT2D eigenvalue weighted by molar-refractivity contribution is 9.10. The molecule has 0 aliphatic carbocycles. The second-order valence-corrected chi connectivity index (χ2v) is 9.59. The molecule has 0 spiro atoms.